The fourth-order valence-corrected chi connectivity index (χ4v) is 2.04. The third-order valence-electron chi connectivity index (χ3n) is 3.16. The van der Waals surface area contributed by atoms with Gasteiger partial charge in [-0.1, -0.05) is 19.9 Å². The molecule has 120 valence electrons. The van der Waals surface area contributed by atoms with E-state index in [1.165, 1.54) is 4.90 Å². The number of hydrogen-bond donors (Lipinski definition) is 2. The van der Waals surface area contributed by atoms with Gasteiger partial charge in [0.05, 0.1) is 0 Å². The van der Waals surface area contributed by atoms with Crippen LogP contribution in [-0.4, -0.2) is 47.3 Å². The zero-order chi connectivity index (χ0) is 16.2. The van der Waals surface area contributed by atoms with Gasteiger partial charge in [-0.2, -0.15) is 13.2 Å². The molecule has 1 aliphatic heterocycles. The molecule has 21 heavy (non-hydrogen) atoms. The molecule has 1 aliphatic rings. The molecule has 0 saturated carbocycles. The predicted molar refractivity (Wildman–Crippen MR) is 69.7 cm³/mol. The van der Waals surface area contributed by atoms with E-state index in [1.54, 1.807) is 0 Å². The predicted octanol–water partition coefficient (Wildman–Crippen LogP) is 2.39. The minimum absolute atomic E-state index is 0.0736. The molecule has 0 aliphatic carbocycles. The zero-order valence-corrected chi connectivity index (χ0v) is 11.9. The number of halogens is 3. The molecule has 0 bridgehead atoms. The van der Waals surface area contributed by atoms with Gasteiger partial charge in [-0.25, -0.2) is 9.59 Å². The second-order valence-electron chi connectivity index (χ2n) is 5.39. The minimum atomic E-state index is -4.37. The molecule has 2 N–H and O–H groups in total. The third kappa shape index (κ3) is 5.28. The Balaban J connectivity index is 2.61. The number of urea groups is 1. The highest BCUT2D eigenvalue weighted by atomic mass is 19.4. The van der Waals surface area contributed by atoms with Crippen molar-refractivity contribution in [1.29, 1.82) is 0 Å². The molecule has 0 saturated heterocycles. The maximum atomic E-state index is 12.5. The summed E-state index contributed by atoms with van der Waals surface area (Å²) in [7, 11) is 0. The fourth-order valence-electron chi connectivity index (χ4n) is 2.04. The number of carboxylic acids is 1. The molecular formula is C13H19F3N2O3. The van der Waals surface area contributed by atoms with Crippen molar-refractivity contribution >= 4 is 12.0 Å². The van der Waals surface area contributed by atoms with Crippen molar-refractivity contribution in [3.05, 3.63) is 11.6 Å². The van der Waals surface area contributed by atoms with Crippen molar-refractivity contribution in [2.75, 3.05) is 13.1 Å². The number of nitrogens with one attached hydrogen (secondary N) is 1. The number of aliphatic carboxylic acids is 1. The minimum Gasteiger partial charge on any atom is -0.480 e. The average molecular weight is 308 g/mol. The molecular weight excluding hydrogens is 289 g/mol. The summed E-state index contributed by atoms with van der Waals surface area (Å²) < 4.78 is 37.4. The van der Waals surface area contributed by atoms with Gasteiger partial charge in [-0.15, -0.1) is 0 Å². The van der Waals surface area contributed by atoms with Crippen LogP contribution < -0.4 is 5.32 Å². The Morgan fingerprint density at radius 3 is 2.43 bits per heavy atom. The second-order valence-corrected chi connectivity index (χ2v) is 5.39. The third-order valence-corrected chi connectivity index (χ3v) is 3.16. The first kappa shape index (κ1) is 17.3. The molecule has 8 heteroatoms. The van der Waals surface area contributed by atoms with Gasteiger partial charge in [-0.3, -0.25) is 0 Å². The molecule has 2 amide bonds. The van der Waals surface area contributed by atoms with Gasteiger partial charge < -0.3 is 15.3 Å². The van der Waals surface area contributed by atoms with Gasteiger partial charge in [-0.05, 0) is 18.8 Å². The fraction of sp³-hybridized carbons (Fsp3) is 0.692. The van der Waals surface area contributed by atoms with Gasteiger partial charge in [0.25, 0.3) is 0 Å². The Bertz CT molecular complexity index is 433. The van der Waals surface area contributed by atoms with Crippen LogP contribution in [0.3, 0.4) is 0 Å². The number of carboxylic acid groups (broad SMARTS) is 1. The van der Waals surface area contributed by atoms with Gasteiger partial charge >= 0.3 is 18.2 Å². The molecule has 0 aromatic heterocycles. The topological polar surface area (TPSA) is 69.6 Å². The molecule has 0 aromatic carbocycles. The molecule has 0 radical (unpaired) electrons. The van der Waals surface area contributed by atoms with E-state index in [0.29, 0.717) is 0 Å². The summed E-state index contributed by atoms with van der Waals surface area (Å²) in [5.41, 5.74) is -0.650. The molecule has 0 spiro atoms. The molecule has 0 unspecified atom stereocenters. The Labute approximate surface area is 120 Å². The Hall–Kier alpha value is -1.73. The molecule has 1 atom stereocenters. The lowest BCUT2D eigenvalue weighted by atomic mass is 10.0. The maximum absolute atomic E-state index is 12.5. The SMILES string of the molecule is CC(C)C[C@@H](NC(=O)N1CC=C(C(F)(F)F)CC1)C(=O)O. The van der Waals surface area contributed by atoms with Crippen LogP contribution in [0.2, 0.25) is 0 Å². The number of alkyl halides is 3. The van der Waals surface area contributed by atoms with Gasteiger partial charge in [0.15, 0.2) is 0 Å². The Kier molecular flexibility index (Phi) is 5.62. The van der Waals surface area contributed by atoms with Crippen LogP contribution in [0.4, 0.5) is 18.0 Å². The van der Waals surface area contributed by atoms with E-state index >= 15 is 0 Å². The van der Waals surface area contributed by atoms with Crippen LogP contribution in [0.5, 0.6) is 0 Å². The number of rotatable bonds is 4. The molecule has 0 fully saturated rings. The number of amides is 2. The van der Waals surface area contributed by atoms with Crippen molar-refractivity contribution in [2.45, 2.75) is 38.9 Å². The highest BCUT2D eigenvalue weighted by Gasteiger charge is 2.35. The summed E-state index contributed by atoms with van der Waals surface area (Å²) in [6.07, 6.45) is -3.43. The highest BCUT2D eigenvalue weighted by Crippen LogP contribution is 2.30. The standard InChI is InChI=1S/C13H19F3N2O3/c1-8(2)7-10(11(19)20)17-12(21)18-5-3-9(4-6-18)13(14,15)16/h3,8,10H,4-7H2,1-2H3,(H,17,21)(H,19,20)/t10-/m1/s1. The van der Waals surface area contributed by atoms with Gasteiger partial charge in [0.1, 0.15) is 6.04 Å². The van der Waals surface area contributed by atoms with E-state index in [0.717, 1.165) is 6.08 Å². The molecule has 0 aromatic rings. The lowest BCUT2D eigenvalue weighted by Gasteiger charge is -2.29. The van der Waals surface area contributed by atoms with Crippen molar-refractivity contribution in [3.63, 3.8) is 0 Å². The van der Waals surface area contributed by atoms with Crippen LogP contribution in [0.1, 0.15) is 26.7 Å². The maximum Gasteiger partial charge on any atom is 0.412 e. The summed E-state index contributed by atoms with van der Waals surface area (Å²) >= 11 is 0. The monoisotopic (exact) mass is 308 g/mol. The van der Waals surface area contributed by atoms with Crippen LogP contribution >= 0.6 is 0 Å². The quantitative estimate of drug-likeness (QED) is 0.784. The van der Waals surface area contributed by atoms with E-state index in [-0.39, 0.29) is 31.8 Å². The van der Waals surface area contributed by atoms with Crippen molar-refractivity contribution in [3.8, 4) is 0 Å². The normalized spacial score (nSPS) is 17.4. The van der Waals surface area contributed by atoms with Gasteiger partial charge in [0, 0.05) is 18.7 Å². The highest BCUT2D eigenvalue weighted by molar-refractivity contribution is 5.82. The smallest absolute Gasteiger partial charge is 0.412 e. The van der Waals surface area contributed by atoms with Crippen LogP contribution in [0, 0.1) is 5.92 Å². The summed E-state index contributed by atoms with van der Waals surface area (Å²) in [4.78, 5) is 24.1. The van der Waals surface area contributed by atoms with E-state index in [9.17, 15) is 22.8 Å². The van der Waals surface area contributed by atoms with E-state index < -0.39 is 29.8 Å². The second kappa shape index (κ2) is 6.82. The number of carbonyl (C=O) groups excluding carboxylic acids is 1. The van der Waals surface area contributed by atoms with E-state index in [4.69, 9.17) is 5.11 Å². The number of nitrogens with zero attached hydrogens (tertiary/aromatic N) is 1. The summed E-state index contributed by atoms with van der Waals surface area (Å²) in [5, 5.41) is 11.4. The van der Waals surface area contributed by atoms with E-state index in [1.807, 2.05) is 13.8 Å². The Morgan fingerprint density at radius 1 is 1.43 bits per heavy atom. The summed E-state index contributed by atoms with van der Waals surface area (Å²) in [6.45, 7) is 3.39. The van der Waals surface area contributed by atoms with Crippen molar-refractivity contribution in [2.24, 2.45) is 5.92 Å². The van der Waals surface area contributed by atoms with Crippen molar-refractivity contribution < 1.29 is 27.9 Å². The summed E-state index contributed by atoms with van der Waals surface area (Å²) in [5.74, 6) is -1.08. The summed E-state index contributed by atoms with van der Waals surface area (Å²) in [6, 6.07) is -1.69. The van der Waals surface area contributed by atoms with Crippen LogP contribution in [-0.2, 0) is 4.79 Å². The lowest BCUT2D eigenvalue weighted by molar-refractivity contribution is -0.139. The molecule has 1 heterocycles. The molecule has 5 nitrogen and oxygen atoms in total. The number of hydrogen-bond acceptors (Lipinski definition) is 2. The number of carbonyl (C=O) groups is 2. The van der Waals surface area contributed by atoms with Gasteiger partial charge in [0.2, 0.25) is 0 Å². The zero-order valence-electron chi connectivity index (χ0n) is 11.9. The lowest BCUT2D eigenvalue weighted by Crippen LogP contribution is -2.49. The average Bonchev–Trinajstić information content (AvgIpc) is 2.36. The van der Waals surface area contributed by atoms with Crippen LogP contribution in [0.15, 0.2) is 11.6 Å². The first-order valence-corrected chi connectivity index (χ1v) is 6.65. The first-order chi connectivity index (χ1) is 9.61. The van der Waals surface area contributed by atoms with Crippen LogP contribution in [0.25, 0.3) is 0 Å². The van der Waals surface area contributed by atoms with E-state index in [2.05, 4.69) is 5.32 Å². The molecule has 1 rings (SSSR count). The largest absolute Gasteiger partial charge is 0.480 e. The first-order valence-electron chi connectivity index (χ1n) is 6.65. The Morgan fingerprint density at radius 2 is 2.05 bits per heavy atom. The van der Waals surface area contributed by atoms with Crippen molar-refractivity contribution in [1.82, 2.24) is 10.2 Å².